The van der Waals surface area contributed by atoms with Crippen LogP contribution in [0.15, 0.2) is 0 Å². The summed E-state index contributed by atoms with van der Waals surface area (Å²) >= 11 is 0. The van der Waals surface area contributed by atoms with Gasteiger partial charge in [0.15, 0.2) is 0 Å². The van der Waals surface area contributed by atoms with Gasteiger partial charge in [0.1, 0.15) is 0 Å². The zero-order valence-corrected chi connectivity index (χ0v) is 12.4. The van der Waals surface area contributed by atoms with Crippen LogP contribution in [0.5, 0.6) is 0 Å². The molecule has 1 aliphatic carbocycles. The Balaban J connectivity index is 2.14. The molecule has 1 N–H and O–H groups in total. The quantitative estimate of drug-likeness (QED) is 0.702. The maximum atomic E-state index is 5.49. The first kappa shape index (κ1) is 15.0. The standard InChI is InChI=1S/C15H31NO/c1-12(2)10-16-11-14-7-6-13(14)8-9-15(3,4)17-5/h12-14,16H,6-11H2,1-5H3. The lowest BCUT2D eigenvalue weighted by Crippen LogP contribution is -2.37. The summed E-state index contributed by atoms with van der Waals surface area (Å²) in [5.74, 6) is 2.62. The van der Waals surface area contributed by atoms with Crippen molar-refractivity contribution in [1.29, 1.82) is 0 Å². The number of rotatable bonds is 8. The Bertz CT molecular complexity index is 213. The summed E-state index contributed by atoms with van der Waals surface area (Å²) in [4.78, 5) is 0. The summed E-state index contributed by atoms with van der Waals surface area (Å²) in [6, 6.07) is 0. The van der Waals surface area contributed by atoms with Crippen molar-refractivity contribution in [2.75, 3.05) is 20.2 Å². The SMILES string of the molecule is COC(C)(C)CCC1CCC1CNCC(C)C. The minimum absolute atomic E-state index is 0.0610. The molecule has 1 saturated carbocycles. The Kier molecular flexibility index (Phi) is 5.94. The van der Waals surface area contributed by atoms with Gasteiger partial charge in [-0.3, -0.25) is 0 Å². The Labute approximate surface area is 108 Å². The van der Waals surface area contributed by atoms with Crippen LogP contribution < -0.4 is 5.32 Å². The lowest BCUT2D eigenvalue weighted by atomic mass is 9.70. The Morgan fingerprint density at radius 3 is 2.35 bits per heavy atom. The van der Waals surface area contributed by atoms with Crippen LogP contribution >= 0.6 is 0 Å². The van der Waals surface area contributed by atoms with Crippen molar-refractivity contribution in [2.24, 2.45) is 17.8 Å². The molecule has 0 aromatic carbocycles. The van der Waals surface area contributed by atoms with Gasteiger partial charge < -0.3 is 10.1 Å². The minimum Gasteiger partial charge on any atom is -0.379 e. The average Bonchev–Trinajstić information content (AvgIpc) is 2.22. The monoisotopic (exact) mass is 241 g/mol. The number of hydrogen-bond donors (Lipinski definition) is 1. The molecule has 0 aliphatic heterocycles. The first-order valence-corrected chi connectivity index (χ1v) is 7.20. The summed E-state index contributed by atoms with van der Waals surface area (Å²) in [7, 11) is 1.82. The van der Waals surface area contributed by atoms with E-state index in [-0.39, 0.29) is 5.60 Å². The maximum Gasteiger partial charge on any atom is 0.0622 e. The number of hydrogen-bond acceptors (Lipinski definition) is 2. The van der Waals surface area contributed by atoms with E-state index in [1.54, 1.807) is 0 Å². The minimum atomic E-state index is 0.0610. The van der Waals surface area contributed by atoms with E-state index in [0.717, 1.165) is 24.3 Å². The molecule has 1 aliphatic rings. The van der Waals surface area contributed by atoms with Gasteiger partial charge in [-0.2, -0.15) is 0 Å². The van der Waals surface area contributed by atoms with Crippen LogP contribution in [0.3, 0.4) is 0 Å². The van der Waals surface area contributed by atoms with E-state index < -0.39 is 0 Å². The van der Waals surface area contributed by atoms with E-state index in [1.165, 1.54) is 32.2 Å². The van der Waals surface area contributed by atoms with Crippen LogP contribution in [-0.2, 0) is 4.74 Å². The van der Waals surface area contributed by atoms with Gasteiger partial charge in [-0.15, -0.1) is 0 Å². The number of nitrogens with one attached hydrogen (secondary N) is 1. The molecule has 0 aromatic rings. The van der Waals surface area contributed by atoms with Crippen LogP contribution in [0.4, 0.5) is 0 Å². The molecule has 0 saturated heterocycles. The van der Waals surface area contributed by atoms with Crippen molar-refractivity contribution in [3.05, 3.63) is 0 Å². The highest BCUT2D eigenvalue weighted by molar-refractivity contribution is 4.84. The van der Waals surface area contributed by atoms with E-state index in [0.29, 0.717) is 0 Å². The summed E-state index contributed by atoms with van der Waals surface area (Å²) < 4.78 is 5.49. The molecule has 2 unspecified atom stereocenters. The zero-order valence-electron chi connectivity index (χ0n) is 12.4. The van der Waals surface area contributed by atoms with E-state index >= 15 is 0 Å². The van der Waals surface area contributed by atoms with E-state index in [4.69, 9.17) is 4.74 Å². The first-order valence-electron chi connectivity index (χ1n) is 7.20. The third-order valence-corrected chi connectivity index (χ3v) is 4.20. The molecule has 0 spiro atoms. The molecule has 0 amide bonds. The fourth-order valence-corrected chi connectivity index (χ4v) is 2.48. The molecule has 102 valence electrons. The van der Waals surface area contributed by atoms with E-state index in [1.807, 2.05) is 7.11 Å². The van der Waals surface area contributed by atoms with Crippen LogP contribution in [0, 0.1) is 17.8 Å². The van der Waals surface area contributed by atoms with Crippen molar-refractivity contribution in [2.45, 2.75) is 59.0 Å². The predicted molar refractivity (Wildman–Crippen MR) is 74.2 cm³/mol. The van der Waals surface area contributed by atoms with Crippen LogP contribution in [0.1, 0.15) is 53.4 Å². The fourth-order valence-electron chi connectivity index (χ4n) is 2.48. The van der Waals surface area contributed by atoms with Gasteiger partial charge in [0, 0.05) is 7.11 Å². The smallest absolute Gasteiger partial charge is 0.0622 e. The molecule has 2 atom stereocenters. The molecule has 0 heterocycles. The van der Waals surface area contributed by atoms with Gasteiger partial charge in [0.05, 0.1) is 5.60 Å². The van der Waals surface area contributed by atoms with Crippen molar-refractivity contribution in [1.82, 2.24) is 5.32 Å². The Hall–Kier alpha value is -0.0800. The Morgan fingerprint density at radius 1 is 1.24 bits per heavy atom. The average molecular weight is 241 g/mol. The van der Waals surface area contributed by atoms with Crippen LogP contribution in [0.25, 0.3) is 0 Å². The molecular formula is C15H31NO. The maximum absolute atomic E-state index is 5.49. The second kappa shape index (κ2) is 6.75. The van der Waals surface area contributed by atoms with Crippen molar-refractivity contribution < 1.29 is 4.74 Å². The van der Waals surface area contributed by atoms with E-state index in [2.05, 4.69) is 33.0 Å². The second-order valence-corrected chi connectivity index (χ2v) is 6.65. The van der Waals surface area contributed by atoms with Gasteiger partial charge >= 0.3 is 0 Å². The molecular weight excluding hydrogens is 210 g/mol. The molecule has 0 bridgehead atoms. The summed E-state index contributed by atoms with van der Waals surface area (Å²) in [5.41, 5.74) is 0.0610. The summed E-state index contributed by atoms with van der Waals surface area (Å²) in [5, 5.41) is 3.60. The highest BCUT2D eigenvalue weighted by Crippen LogP contribution is 2.38. The second-order valence-electron chi connectivity index (χ2n) is 6.65. The molecule has 0 radical (unpaired) electrons. The summed E-state index contributed by atoms with van der Waals surface area (Å²) in [6.45, 7) is 11.3. The molecule has 17 heavy (non-hydrogen) atoms. The van der Waals surface area contributed by atoms with E-state index in [9.17, 15) is 0 Å². The molecule has 0 aromatic heterocycles. The Morgan fingerprint density at radius 2 is 1.88 bits per heavy atom. The third kappa shape index (κ3) is 5.39. The molecule has 2 nitrogen and oxygen atoms in total. The highest BCUT2D eigenvalue weighted by Gasteiger charge is 2.31. The third-order valence-electron chi connectivity index (χ3n) is 4.20. The van der Waals surface area contributed by atoms with Crippen molar-refractivity contribution >= 4 is 0 Å². The fraction of sp³-hybridized carbons (Fsp3) is 1.00. The highest BCUT2D eigenvalue weighted by atomic mass is 16.5. The number of ether oxygens (including phenoxy) is 1. The normalized spacial score (nSPS) is 25.1. The molecule has 2 heteroatoms. The molecule has 1 rings (SSSR count). The van der Waals surface area contributed by atoms with Crippen molar-refractivity contribution in [3.8, 4) is 0 Å². The lowest BCUT2D eigenvalue weighted by molar-refractivity contribution is 0.00204. The van der Waals surface area contributed by atoms with Gasteiger partial charge in [0.2, 0.25) is 0 Å². The topological polar surface area (TPSA) is 21.3 Å². The number of methoxy groups -OCH3 is 1. The van der Waals surface area contributed by atoms with Gasteiger partial charge in [-0.1, -0.05) is 13.8 Å². The summed E-state index contributed by atoms with van der Waals surface area (Å²) in [6.07, 6.45) is 5.36. The molecule has 1 fully saturated rings. The lowest BCUT2D eigenvalue weighted by Gasteiger charge is -2.39. The largest absolute Gasteiger partial charge is 0.379 e. The zero-order chi connectivity index (χ0) is 12.9. The van der Waals surface area contributed by atoms with Crippen LogP contribution in [0.2, 0.25) is 0 Å². The predicted octanol–water partition coefficient (Wildman–Crippen LogP) is 3.46. The van der Waals surface area contributed by atoms with Gasteiger partial charge in [0.25, 0.3) is 0 Å². The first-order chi connectivity index (χ1) is 7.94. The van der Waals surface area contributed by atoms with Gasteiger partial charge in [-0.05, 0) is 70.4 Å². The van der Waals surface area contributed by atoms with Crippen LogP contribution in [-0.4, -0.2) is 25.8 Å². The van der Waals surface area contributed by atoms with Gasteiger partial charge in [-0.25, -0.2) is 0 Å². The van der Waals surface area contributed by atoms with Crippen molar-refractivity contribution in [3.63, 3.8) is 0 Å².